The molecule has 0 aliphatic carbocycles. The van der Waals surface area contributed by atoms with Crippen molar-refractivity contribution in [1.82, 2.24) is 0 Å². The predicted molar refractivity (Wildman–Crippen MR) is 59.6 cm³/mol. The highest BCUT2D eigenvalue weighted by Crippen LogP contribution is 2.23. The maximum Gasteiger partial charge on any atom is 0.339 e. The van der Waals surface area contributed by atoms with Gasteiger partial charge in [-0.2, -0.15) is 5.26 Å². The fraction of sp³-hybridized carbons (Fsp3) is 0.273. The van der Waals surface area contributed by atoms with Crippen molar-refractivity contribution < 1.29 is 9.53 Å². The number of hydrogen-bond acceptors (Lipinski definition) is 3. The van der Waals surface area contributed by atoms with Crippen LogP contribution in [-0.4, -0.2) is 12.6 Å². The summed E-state index contributed by atoms with van der Waals surface area (Å²) < 4.78 is 5.69. The molecule has 78 valence electrons. The maximum absolute atomic E-state index is 11.6. The Morgan fingerprint density at radius 3 is 2.80 bits per heavy atom. The summed E-state index contributed by atoms with van der Waals surface area (Å²) in [7, 11) is 0. The smallest absolute Gasteiger partial charge is 0.339 e. The number of halogens is 1. The molecule has 0 fully saturated rings. The van der Waals surface area contributed by atoms with Crippen LogP contribution in [-0.2, 0) is 4.74 Å². The fourth-order valence-electron chi connectivity index (χ4n) is 1.25. The lowest BCUT2D eigenvalue weighted by atomic mass is 10.0. The van der Waals surface area contributed by atoms with E-state index in [0.717, 1.165) is 10.0 Å². The van der Waals surface area contributed by atoms with Crippen LogP contribution in [0, 0.1) is 18.3 Å². The molecule has 1 rings (SSSR count). The highest BCUT2D eigenvalue weighted by Gasteiger charge is 2.17. The summed E-state index contributed by atoms with van der Waals surface area (Å²) in [5.41, 5.74) is 1.41. The van der Waals surface area contributed by atoms with E-state index in [1.807, 2.05) is 6.07 Å². The predicted octanol–water partition coefficient (Wildman–Crippen LogP) is 2.81. The van der Waals surface area contributed by atoms with Gasteiger partial charge in [0, 0.05) is 4.47 Å². The molecule has 0 radical (unpaired) electrons. The van der Waals surface area contributed by atoms with Crippen LogP contribution in [0.4, 0.5) is 0 Å². The molecule has 1 aromatic rings. The number of carbonyl (C=O) groups is 1. The van der Waals surface area contributed by atoms with Gasteiger partial charge in [0.25, 0.3) is 0 Å². The van der Waals surface area contributed by atoms with Gasteiger partial charge in [0.2, 0.25) is 0 Å². The monoisotopic (exact) mass is 267 g/mol. The van der Waals surface area contributed by atoms with Gasteiger partial charge < -0.3 is 4.74 Å². The number of carbonyl (C=O) groups excluding carboxylic acids is 1. The van der Waals surface area contributed by atoms with Crippen molar-refractivity contribution in [3.8, 4) is 6.07 Å². The van der Waals surface area contributed by atoms with Gasteiger partial charge in [0.05, 0.1) is 17.7 Å². The van der Waals surface area contributed by atoms with E-state index in [4.69, 9.17) is 10.00 Å². The van der Waals surface area contributed by atoms with Crippen LogP contribution in [0.25, 0.3) is 0 Å². The molecule has 0 aliphatic rings. The summed E-state index contributed by atoms with van der Waals surface area (Å²) in [4.78, 5) is 11.6. The van der Waals surface area contributed by atoms with Crippen molar-refractivity contribution >= 4 is 21.9 Å². The molecule has 0 saturated heterocycles. The number of hydrogen-bond donors (Lipinski definition) is 0. The quantitative estimate of drug-likeness (QED) is 0.775. The summed E-state index contributed by atoms with van der Waals surface area (Å²) in [6.07, 6.45) is 0. The largest absolute Gasteiger partial charge is 0.462 e. The molecule has 0 aromatic heterocycles. The number of rotatable bonds is 2. The topological polar surface area (TPSA) is 50.1 Å². The van der Waals surface area contributed by atoms with Gasteiger partial charge in [-0.05, 0) is 31.5 Å². The van der Waals surface area contributed by atoms with E-state index in [1.54, 1.807) is 26.0 Å². The van der Waals surface area contributed by atoms with E-state index >= 15 is 0 Å². The Kier molecular flexibility index (Phi) is 3.87. The van der Waals surface area contributed by atoms with Gasteiger partial charge in [0.15, 0.2) is 0 Å². The summed E-state index contributed by atoms with van der Waals surface area (Å²) in [6.45, 7) is 3.81. The molecule has 0 unspecified atom stereocenters. The van der Waals surface area contributed by atoms with Crippen LogP contribution in [0.3, 0.4) is 0 Å². The molecular formula is C11H10BrNO2. The Morgan fingerprint density at radius 1 is 1.60 bits per heavy atom. The van der Waals surface area contributed by atoms with Crippen LogP contribution in [0.1, 0.15) is 28.4 Å². The van der Waals surface area contributed by atoms with Crippen molar-refractivity contribution in [3.05, 3.63) is 33.3 Å². The van der Waals surface area contributed by atoms with Crippen molar-refractivity contribution in [1.29, 1.82) is 5.26 Å². The Hall–Kier alpha value is -1.34. The third-order valence-corrected chi connectivity index (χ3v) is 2.86. The standard InChI is InChI=1S/C11H10BrNO2/c1-3-15-11(14)10-7(2)9(12)5-4-8(10)6-13/h4-5H,3H2,1-2H3. The van der Waals surface area contributed by atoms with Crippen molar-refractivity contribution in [2.24, 2.45) is 0 Å². The van der Waals surface area contributed by atoms with E-state index in [2.05, 4.69) is 15.9 Å². The number of benzene rings is 1. The summed E-state index contributed by atoms with van der Waals surface area (Å²) >= 11 is 3.31. The van der Waals surface area contributed by atoms with Crippen LogP contribution < -0.4 is 0 Å². The zero-order valence-electron chi connectivity index (χ0n) is 8.50. The zero-order valence-corrected chi connectivity index (χ0v) is 10.1. The molecule has 0 heterocycles. The first-order valence-corrected chi connectivity index (χ1v) is 5.27. The number of nitriles is 1. The highest BCUT2D eigenvalue weighted by molar-refractivity contribution is 9.10. The van der Waals surface area contributed by atoms with Crippen LogP contribution in [0.2, 0.25) is 0 Å². The summed E-state index contributed by atoms with van der Waals surface area (Å²) in [6, 6.07) is 5.33. The molecule has 0 N–H and O–H groups in total. The second-order valence-electron chi connectivity index (χ2n) is 2.93. The average Bonchev–Trinajstić information content (AvgIpc) is 2.22. The molecule has 4 heteroatoms. The first-order chi connectivity index (χ1) is 7.11. The lowest BCUT2D eigenvalue weighted by Crippen LogP contribution is -2.09. The van der Waals surface area contributed by atoms with Gasteiger partial charge in [0.1, 0.15) is 6.07 Å². The minimum atomic E-state index is -0.451. The molecule has 0 amide bonds. The molecule has 1 aromatic carbocycles. The van der Waals surface area contributed by atoms with Gasteiger partial charge in [-0.15, -0.1) is 0 Å². The number of esters is 1. The van der Waals surface area contributed by atoms with E-state index in [-0.39, 0.29) is 0 Å². The molecule has 0 saturated carbocycles. The second-order valence-corrected chi connectivity index (χ2v) is 3.78. The fourth-order valence-corrected chi connectivity index (χ4v) is 1.58. The maximum atomic E-state index is 11.6. The van der Waals surface area contributed by atoms with Gasteiger partial charge in [-0.25, -0.2) is 4.79 Å². The number of nitrogens with zero attached hydrogens (tertiary/aromatic N) is 1. The Balaban J connectivity index is 3.31. The molecule has 0 atom stereocenters. The van der Waals surface area contributed by atoms with Crippen LogP contribution >= 0.6 is 15.9 Å². The first kappa shape index (κ1) is 11.7. The normalized spacial score (nSPS) is 9.47. The molecule has 3 nitrogen and oxygen atoms in total. The van der Waals surface area contributed by atoms with Gasteiger partial charge in [-0.1, -0.05) is 15.9 Å². The molecular weight excluding hydrogens is 258 g/mol. The van der Waals surface area contributed by atoms with Crippen LogP contribution in [0.15, 0.2) is 16.6 Å². The van der Waals surface area contributed by atoms with Crippen LogP contribution in [0.5, 0.6) is 0 Å². The molecule has 15 heavy (non-hydrogen) atoms. The molecule has 0 spiro atoms. The Labute approximate surface area is 96.8 Å². The second kappa shape index (κ2) is 4.94. The zero-order chi connectivity index (χ0) is 11.4. The third kappa shape index (κ3) is 2.37. The lowest BCUT2D eigenvalue weighted by molar-refractivity contribution is 0.0525. The minimum Gasteiger partial charge on any atom is -0.462 e. The van der Waals surface area contributed by atoms with Gasteiger partial charge in [-0.3, -0.25) is 0 Å². The lowest BCUT2D eigenvalue weighted by Gasteiger charge is -2.08. The van der Waals surface area contributed by atoms with E-state index in [0.29, 0.717) is 17.7 Å². The van der Waals surface area contributed by atoms with Crippen molar-refractivity contribution in [2.75, 3.05) is 6.61 Å². The Bertz CT molecular complexity index is 435. The summed E-state index contributed by atoms with van der Waals surface area (Å²) in [5, 5.41) is 8.88. The summed E-state index contributed by atoms with van der Waals surface area (Å²) in [5.74, 6) is -0.451. The third-order valence-electron chi connectivity index (χ3n) is 2.00. The highest BCUT2D eigenvalue weighted by atomic mass is 79.9. The molecule has 0 aliphatic heterocycles. The van der Waals surface area contributed by atoms with E-state index in [1.165, 1.54) is 0 Å². The van der Waals surface area contributed by atoms with E-state index < -0.39 is 5.97 Å². The van der Waals surface area contributed by atoms with Crippen molar-refractivity contribution in [2.45, 2.75) is 13.8 Å². The number of ether oxygens (including phenoxy) is 1. The SMILES string of the molecule is CCOC(=O)c1c(C#N)ccc(Br)c1C. The first-order valence-electron chi connectivity index (χ1n) is 4.48. The van der Waals surface area contributed by atoms with Gasteiger partial charge >= 0.3 is 5.97 Å². The Morgan fingerprint density at radius 2 is 2.27 bits per heavy atom. The van der Waals surface area contributed by atoms with E-state index in [9.17, 15) is 4.79 Å². The van der Waals surface area contributed by atoms with Crippen molar-refractivity contribution in [3.63, 3.8) is 0 Å². The average molecular weight is 268 g/mol. The minimum absolute atomic E-state index is 0.301. The molecule has 0 bridgehead atoms.